The molecule has 15 heavy (non-hydrogen) atoms. The van der Waals surface area contributed by atoms with Gasteiger partial charge in [0, 0.05) is 6.04 Å². The molecule has 2 unspecified atom stereocenters. The van der Waals surface area contributed by atoms with Gasteiger partial charge in [0.15, 0.2) is 0 Å². The average molecular weight is 213 g/mol. The van der Waals surface area contributed by atoms with E-state index < -0.39 is 5.97 Å². The van der Waals surface area contributed by atoms with E-state index in [0.717, 1.165) is 25.8 Å². The van der Waals surface area contributed by atoms with E-state index in [1.165, 1.54) is 19.3 Å². The number of carboxylic acids is 1. The Labute approximate surface area is 92.5 Å². The lowest BCUT2D eigenvalue weighted by atomic mass is 10.0. The smallest absolute Gasteiger partial charge is 0.308 e. The Balaban J connectivity index is 2.36. The monoisotopic (exact) mass is 213 g/mol. The second kappa shape index (κ2) is 6.11. The summed E-state index contributed by atoms with van der Waals surface area (Å²) in [4.78, 5) is 13.3. The predicted molar refractivity (Wildman–Crippen MR) is 60.9 cm³/mol. The van der Waals surface area contributed by atoms with Crippen LogP contribution in [-0.4, -0.2) is 35.6 Å². The minimum absolute atomic E-state index is 0.128. The van der Waals surface area contributed by atoms with Crippen LogP contribution >= 0.6 is 0 Å². The van der Waals surface area contributed by atoms with Gasteiger partial charge in [-0.05, 0) is 32.9 Å². The third-order valence-electron chi connectivity index (χ3n) is 3.48. The molecule has 0 heterocycles. The fourth-order valence-corrected chi connectivity index (χ4v) is 2.53. The van der Waals surface area contributed by atoms with Gasteiger partial charge in [-0.3, -0.25) is 4.79 Å². The van der Waals surface area contributed by atoms with Crippen molar-refractivity contribution in [3.8, 4) is 0 Å². The van der Waals surface area contributed by atoms with E-state index in [2.05, 4.69) is 18.9 Å². The first-order chi connectivity index (χ1) is 7.16. The van der Waals surface area contributed by atoms with Crippen LogP contribution in [0.1, 0.15) is 45.4 Å². The molecule has 2 atom stereocenters. The largest absolute Gasteiger partial charge is 0.481 e. The summed E-state index contributed by atoms with van der Waals surface area (Å²) in [6.45, 7) is 3.23. The Morgan fingerprint density at radius 3 is 2.73 bits per heavy atom. The molecule has 1 aliphatic rings. The Hall–Kier alpha value is -0.570. The molecule has 0 aromatic carbocycles. The second-order valence-corrected chi connectivity index (χ2v) is 4.63. The molecule has 1 saturated carbocycles. The maximum atomic E-state index is 11.0. The highest BCUT2D eigenvalue weighted by Gasteiger charge is 2.34. The number of nitrogens with zero attached hydrogens (tertiary/aromatic N) is 1. The fourth-order valence-electron chi connectivity index (χ4n) is 2.53. The first kappa shape index (κ1) is 12.5. The summed E-state index contributed by atoms with van der Waals surface area (Å²) in [5, 5.41) is 9.08. The molecule has 1 fully saturated rings. The second-order valence-electron chi connectivity index (χ2n) is 4.63. The van der Waals surface area contributed by atoms with Gasteiger partial charge in [-0.2, -0.15) is 0 Å². The van der Waals surface area contributed by atoms with Crippen molar-refractivity contribution in [2.75, 3.05) is 13.6 Å². The van der Waals surface area contributed by atoms with Crippen molar-refractivity contribution in [2.45, 2.75) is 51.5 Å². The maximum absolute atomic E-state index is 11.0. The molecular formula is C12H23NO2. The van der Waals surface area contributed by atoms with Gasteiger partial charge in [-0.25, -0.2) is 0 Å². The van der Waals surface area contributed by atoms with Gasteiger partial charge in [0.1, 0.15) is 0 Å². The molecule has 0 amide bonds. The molecule has 0 spiro atoms. The molecular weight excluding hydrogens is 190 g/mol. The third-order valence-corrected chi connectivity index (χ3v) is 3.48. The van der Waals surface area contributed by atoms with Gasteiger partial charge in [-0.15, -0.1) is 0 Å². The van der Waals surface area contributed by atoms with Crippen molar-refractivity contribution in [3.63, 3.8) is 0 Å². The van der Waals surface area contributed by atoms with Crippen molar-refractivity contribution in [2.24, 2.45) is 5.92 Å². The van der Waals surface area contributed by atoms with Gasteiger partial charge in [0.2, 0.25) is 0 Å². The molecule has 0 aromatic rings. The zero-order valence-electron chi connectivity index (χ0n) is 9.91. The molecule has 0 bridgehead atoms. The van der Waals surface area contributed by atoms with Crippen molar-refractivity contribution >= 4 is 5.97 Å². The van der Waals surface area contributed by atoms with E-state index in [0.29, 0.717) is 0 Å². The number of unbranched alkanes of at least 4 members (excludes halogenated alkanes) is 2. The first-order valence-electron chi connectivity index (χ1n) is 6.09. The van der Waals surface area contributed by atoms with Crippen molar-refractivity contribution in [1.82, 2.24) is 4.90 Å². The van der Waals surface area contributed by atoms with Crippen LogP contribution < -0.4 is 0 Å². The van der Waals surface area contributed by atoms with Crippen LogP contribution in [0, 0.1) is 5.92 Å². The van der Waals surface area contributed by atoms with E-state index >= 15 is 0 Å². The lowest BCUT2D eigenvalue weighted by molar-refractivity contribution is -0.143. The van der Waals surface area contributed by atoms with Crippen LogP contribution in [0.3, 0.4) is 0 Å². The van der Waals surface area contributed by atoms with E-state index in [1.807, 2.05) is 0 Å². The predicted octanol–water partition coefficient (Wildman–Crippen LogP) is 2.36. The first-order valence-corrected chi connectivity index (χ1v) is 6.09. The highest BCUT2D eigenvalue weighted by Crippen LogP contribution is 2.29. The Morgan fingerprint density at radius 2 is 2.13 bits per heavy atom. The summed E-state index contributed by atoms with van der Waals surface area (Å²) in [5.41, 5.74) is 0. The molecule has 1 rings (SSSR count). The van der Waals surface area contributed by atoms with Crippen LogP contribution in [0.15, 0.2) is 0 Å². The van der Waals surface area contributed by atoms with Gasteiger partial charge < -0.3 is 10.0 Å². The topological polar surface area (TPSA) is 40.5 Å². The summed E-state index contributed by atoms with van der Waals surface area (Å²) in [5.74, 6) is -0.739. The summed E-state index contributed by atoms with van der Waals surface area (Å²) in [7, 11) is 2.07. The highest BCUT2D eigenvalue weighted by molar-refractivity contribution is 5.71. The van der Waals surface area contributed by atoms with Crippen molar-refractivity contribution in [3.05, 3.63) is 0 Å². The Bertz CT molecular complexity index is 206. The zero-order valence-corrected chi connectivity index (χ0v) is 9.91. The van der Waals surface area contributed by atoms with Gasteiger partial charge >= 0.3 is 5.97 Å². The number of aliphatic carboxylic acids is 1. The summed E-state index contributed by atoms with van der Waals surface area (Å²) in [6.07, 6.45) is 6.64. The van der Waals surface area contributed by atoms with Crippen LogP contribution in [0.5, 0.6) is 0 Å². The number of carbonyl (C=O) groups is 1. The van der Waals surface area contributed by atoms with E-state index in [1.54, 1.807) is 0 Å². The average Bonchev–Trinajstić information content (AvgIpc) is 2.66. The molecule has 0 aromatic heterocycles. The van der Waals surface area contributed by atoms with Gasteiger partial charge in [-0.1, -0.05) is 26.2 Å². The van der Waals surface area contributed by atoms with Gasteiger partial charge in [0.05, 0.1) is 5.92 Å². The third kappa shape index (κ3) is 3.49. The van der Waals surface area contributed by atoms with Gasteiger partial charge in [0.25, 0.3) is 0 Å². The summed E-state index contributed by atoms with van der Waals surface area (Å²) in [6, 6.07) is 0.277. The van der Waals surface area contributed by atoms with E-state index in [9.17, 15) is 4.79 Å². The van der Waals surface area contributed by atoms with E-state index in [4.69, 9.17) is 5.11 Å². The molecule has 0 saturated heterocycles. The zero-order chi connectivity index (χ0) is 11.3. The highest BCUT2D eigenvalue weighted by atomic mass is 16.4. The maximum Gasteiger partial charge on any atom is 0.308 e. The minimum Gasteiger partial charge on any atom is -0.481 e. The molecule has 1 N–H and O–H groups in total. The lowest BCUT2D eigenvalue weighted by Crippen LogP contribution is -2.38. The van der Waals surface area contributed by atoms with Crippen LogP contribution in [0.25, 0.3) is 0 Å². The normalized spacial score (nSPS) is 26.1. The number of hydrogen-bond donors (Lipinski definition) is 1. The summed E-state index contributed by atoms with van der Waals surface area (Å²) < 4.78 is 0. The number of carboxylic acid groups (broad SMARTS) is 1. The lowest BCUT2D eigenvalue weighted by Gasteiger charge is -2.27. The van der Waals surface area contributed by atoms with Crippen molar-refractivity contribution < 1.29 is 9.90 Å². The molecule has 0 aliphatic heterocycles. The summed E-state index contributed by atoms with van der Waals surface area (Å²) >= 11 is 0. The minimum atomic E-state index is -0.611. The van der Waals surface area contributed by atoms with Crippen molar-refractivity contribution in [1.29, 1.82) is 0 Å². The standard InChI is InChI=1S/C12H23NO2/c1-3-4-5-9-13(2)11-8-6-7-10(11)12(14)15/h10-11H,3-9H2,1-2H3,(H,14,15). The van der Waals surface area contributed by atoms with E-state index in [-0.39, 0.29) is 12.0 Å². The Kier molecular flexibility index (Phi) is 5.09. The molecule has 1 aliphatic carbocycles. The van der Waals surface area contributed by atoms with Crippen LogP contribution in [-0.2, 0) is 4.79 Å². The SMILES string of the molecule is CCCCCN(C)C1CCCC1C(=O)O. The molecule has 3 heteroatoms. The molecule has 0 radical (unpaired) electrons. The van der Waals surface area contributed by atoms with Crippen LogP contribution in [0.4, 0.5) is 0 Å². The number of hydrogen-bond acceptors (Lipinski definition) is 2. The fraction of sp³-hybridized carbons (Fsp3) is 0.917. The van der Waals surface area contributed by atoms with Crippen LogP contribution in [0.2, 0.25) is 0 Å². The quantitative estimate of drug-likeness (QED) is 0.689. The molecule has 3 nitrogen and oxygen atoms in total. The molecule has 88 valence electrons. The Morgan fingerprint density at radius 1 is 1.40 bits per heavy atom. The number of rotatable bonds is 6.